The Kier molecular flexibility index (Phi) is 15.6. The van der Waals surface area contributed by atoms with Gasteiger partial charge in [-0.25, -0.2) is 0 Å². The zero-order valence-electron chi connectivity index (χ0n) is 15.2. The lowest BCUT2D eigenvalue weighted by Crippen LogP contribution is -2.34. The van der Waals surface area contributed by atoms with Crippen LogP contribution in [0.2, 0.25) is 0 Å². The molecule has 0 heterocycles. The van der Waals surface area contributed by atoms with Crippen molar-refractivity contribution in [2.24, 2.45) is 0 Å². The maximum atomic E-state index is 11.9. The van der Waals surface area contributed by atoms with Gasteiger partial charge in [0.15, 0.2) is 0 Å². The predicted octanol–water partition coefficient (Wildman–Crippen LogP) is 4.53. The Hall–Kier alpha value is 0.0300. The van der Waals surface area contributed by atoms with Gasteiger partial charge < -0.3 is 18.7 Å². The summed E-state index contributed by atoms with van der Waals surface area (Å²) in [6.07, 6.45) is 5.90. The van der Waals surface area contributed by atoms with Crippen molar-refractivity contribution >= 4 is 8.25 Å². The maximum Gasteiger partial charge on any atom is 0.323 e. The summed E-state index contributed by atoms with van der Waals surface area (Å²) in [6, 6.07) is 0. The quantitative estimate of drug-likeness (QED) is 0.217. The first-order valence-electron chi connectivity index (χ1n) is 8.79. The maximum absolute atomic E-state index is 11.9. The first-order valence-corrected chi connectivity index (χ1v) is 10.0. The summed E-state index contributed by atoms with van der Waals surface area (Å²) in [5.74, 6) is -1.32. The second-order valence-corrected chi connectivity index (χ2v) is 6.43. The monoisotopic (exact) mass is 354 g/mol. The minimum absolute atomic E-state index is 0.238. The van der Waals surface area contributed by atoms with Crippen LogP contribution in [-0.2, 0) is 27.8 Å². The Labute approximate surface area is 142 Å². The van der Waals surface area contributed by atoms with E-state index in [1.165, 1.54) is 0 Å². The van der Waals surface area contributed by atoms with Crippen molar-refractivity contribution in [3.63, 3.8) is 0 Å². The average molecular weight is 354 g/mol. The first kappa shape index (κ1) is 23.0. The Morgan fingerprint density at radius 1 is 0.783 bits per heavy atom. The molecule has 140 valence electrons. The van der Waals surface area contributed by atoms with E-state index in [9.17, 15) is 4.57 Å². The van der Waals surface area contributed by atoms with E-state index in [0.29, 0.717) is 26.4 Å². The van der Waals surface area contributed by atoms with Gasteiger partial charge in [0.25, 0.3) is 5.97 Å². The number of rotatable bonds is 17. The van der Waals surface area contributed by atoms with Crippen LogP contribution in [0.25, 0.3) is 0 Å². The molecule has 1 unspecified atom stereocenters. The Bertz CT molecular complexity index is 278. The van der Waals surface area contributed by atoms with Crippen molar-refractivity contribution in [3.05, 3.63) is 0 Å². The Balaban J connectivity index is 4.09. The van der Waals surface area contributed by atoms with Gasteiger partial charge in [0.2, 0.25) is 0 Å². The summed E-state index contributed by atoms with van der Waals surface area (Å²) in [5, 5.41) is 0. The zero-order valence-corrected chi connectivity index (χ0v) is 16.2. The zero-order chi connectivity index (χ0) is 17.4. The van der Waals surface area contributed by atoms with Crippen LogP contribution in [0.15, 0.2) is 0 Å². The standard InChI is InChI=1S/C16H35O6P/c1-5-8-11-18-14-15-21-23(17)22-16(4,19-12-9-6-2)20-13-10-7-3/h23H,5-15H2,1-4H3. The van der Waals surface area contributed by atoms with Gasteiger partial charge in [-0.05, 0) is 19.3 Å². The number of ether oxygens (including phenoxy) is 3. The van der Waals surface area contributed by atoms with Crippen LogP contribution in [0.1, 0.15) is 66.2 Å². The van der Waals surface area contributed by atoms with E-state index in [-0.39, 0.29) is 6.61 Å². The van der Waals surface area contributed by atoms with E-state index in [4.69, 9.17) is 23.3 Å². The third-order valence-electron chi connectivity index (χ3n) is 3.08. The average Bonchev–Trinajstić information content (AvgIpc) is 2.51. The van der Waals surface area contributed by atoms with Crippen LogP contribution in [0, 0.1) is 0 Å². The van der Waals surface area contributed by atoms with Crippen molar-refractivity contribution in [2.45, 2.75) is 72.2 Å². The molecule has 0 saturated carbocycles. The molecule has 1 atom stereocenters. The summed E-state index contributed by atoms with van der Waals surface area (Å²) in [6.45, 7) is 10.2. The molecule has 0 aliphatic carbocycles. The molecule has 0 rings (SSSR count). The number of unbranched alkanes of at least 4 members (excludes halogenated alkanes) is 3. The highest BCUT2D eigenvalue weighted by atomic mass is 31.1. The summed E-state index contributed by atoms with van der Waals surface area (Å²) in [4.78, 5) is 0. The van der Waals surface area contributed by atoms with Gasteiger partial charge in [-0.3, -0.25) is 9.09 Å². The largest absolute Gasteiger partial charge is 0.379 e. The fraction of sp³-hybridized carbons (Fsp3) is 1.00. The second-order valence-electron chi connectivity index (χ2n) is 5.43. The van der Waals surface area contributed by atoms with Gasteiger partial charge in [-0.1, -0.05) is 40.0 Å². The van der Waals surface area contributed by atoms with Gasteiger partial charge in [-0.15, -0.1) is 0 Å². The molecule has 0 aromatic rings. The molecule has 7 heteroatoms. The van der Waals surface area contributed by atoms with Crippen LogP contribution < -0.4 is 0 Å². The highest BCUT2D eigenvalue weighted by Gasteiger charge is 2.30. The molecule has 0 fully saturated rings. The highest BCUT2D eigenvalue weighted by Crippen LogP contribution is 2.33. The molecule has 0 N–H and O–H groups in total. The van der Waals surface area contributed by atoms with Crippen molar-refractivity contribution in [1.82, 2.24) is 0 Å². The topological polar surface area (TPSA) is 63.2 Å². The van der Waals surface area contributed by atoms with E-state index >= 15 is 0 Å². The van der Waals surface area contributed by atoms with Gasteiger partial charge in [0.05, 0.1) is 26.4 Å². The Morgan fingerprint density at radius 2 is 1.30 bits per heavy atom. The number of hydrogen-bond donors (Lipinski definition) is 0. The molecule has 23 heavy (non-hydrogen) atoms. The van der Waals surface area contributed by atoms with Gasteiger partial charge in [0.1, 0.15) is 0 Å². The van der Waals surface area contributed by atoms with E-state index in [2.05, 4.69) is 20.8 Å². The third-order valence-corrected chi connectivity index (χ3v) is 4.06. The van der Waals surface area contributed by atoms with E-state index in [1.54, 1.807) is 6.92 Å². The van der Waals surface area contributed by atoms with E-state index in [0.717, 1.165) is 38.5 Å². The molecule has 0 aromatic heterocycles. The summed E-state index contributed by atoms with van der Waals surface area (Å²) in [7, 11) is -2.69. The van der Waals surface area contributed by atoms with Crippen molar-refractivity contribution < 1.29 is 27.8 Å². The lowest BCUT2D eigenvalue weighted by atomic mass is 10.3. The molecule has 0 amide bonds. The molecule has 0 radical (unpaired) electrons. The van der Waals surface area contributed by atoms with E-state index in [1.807, 2.05) is 0 Å². The summed E-state index contributed by atoms with van der Waals surface area (Å²) < 4.78 is 39.1. The second kappa shape index (κ2) is 15.6. The minimum Gasteiger partial charge on any atom is -0.379 e. The van der Waals surface area contributed by atoms with Crippen LogP contribution in [0.5, 0.6) is 0 Å². The summed E-state index contributed by atoms with van der Waals surface area (Å²) >= 11 is 0. The first-order chi connectivity index (χ1) is 11.1. The Morgan fingerprint density at radius 3 is 1.83 bits per heavy atom. The van der Waals surface area contributed by atoms with Crippen LogP contribution in [0.4, 0.5) is 0 Å². The lowest BCUT2D eigenvalue weighted by Gasteiger charge is -2.29. The fourth-order valence-electron chi connectivity index (χ4n) is 1.62. The van der Waals surface area contributed by atoms with Crippen molar-refractivity contribution in [2.75, 3.05) is 33.0 Å². The molecule has 0 aliphatic heterocycles. The van der Waals surface area contributed by atoms with Crippen molar-refractivity contribution in [1.29, 1.82) is 0 Å². The van der Waals surface area contributed by atoms with Crippen LogP contribution in [-0.4, -0.2) is 39.0 Å². The third kappa shape index (κ3) is 14.1. The molecule has 6 nitrogen and oxygen atoms in total. The molecule has 0 spiro atoms. The van der Waals surface area contributed by atoms with Crippen molar-refractivity contribution in [3.8, 4) is 0 Å². The molecule has 0 aliphatic rings. The molecule has 0 saturated heterocycles. The highest BCUT2D eigenvalue weighted by molar-refractivity contribution is 7.33. The van der Waals surface area contributed by atoms with E-state index < -0.39 is 14.2 Å². The molecule has 0 aromatic carbocycles. The smallest absolute Gasteiger partial charge is 0.323 e. The van der Waals surface area contributed by atoms with Gasteiger partial charge in [-0.2, -0.15) is 0 Å². The summed E-state index contributed by atoms with van der Waals surface area (Å²) in [5.41, 5.74) is 0. The lowest BCUT2D eigenvalue weighted by molar-refractivity contribution is -0.333. The normalized spacial score (nSPS) is 13.4. The van der Waals surface area contributed by atoms with Gasteiger partial charge in [0, 0.05) is 13.5 Å². The molecule has 0 bridgehead atoms. The van der Waals surface area contributed by atoms with Crippen LogP contribution >= 0.6 is 8.25 Å². The molecular formula is C16H35O6P. The predicted molar refractivity (Wildman–Crippen MR) is 91.9 cm³/mol. The van der Waals surface area contributed by atoms with Crippen LogP contribution in [0.3, 0.4) is 0 Å². The SMILES string of the molecule is CCCCOCCO[PH](=O)OC(C)(OCCCC)OCCCC. The minimum atomic E-state index is -2.69. The molecular weight excluding hydrogens is 319 g/mol. The fourth-order valence-corrected chi connectivity index (χ4v) is 2.35. The number of hydrogen-bond acceptors (Lipinski definition) is 6. The van der Waals surface area contributed by atoms with Gasteiger partial charge >= 0.3 is 8.25 Å².